The van der Waals surface area contributed by atoms with Gasteiger partial charge in [0.1, 0.15) is 23.9 Å². The average molecular weight is 499 g/mol. The lowest BCUT2D eigenvalue weighted by Gasteiger charge is -2.15. The summed E-state index contributed by atoms with van der Waals surface area (Å²) in [5.74, 6) is 2.23. The first-order chi connectivity index (χ1) is 18.2. The maximum absolute atomic E-state index is 13.1. The summed E-state index contributed by atoms with van der Waals surface area (Å²) < 4.78 is 14.8. The first-order valence-corrected chi connectivity index (χ1v) is 12.5. The van der Waals surface area contributed by atoms with E-state index in [0.717, 1.165) is 42.9 Å². The van der Waals surface area contributed by atoms with Gasteiger partial charge in [-0.1, -0.05) is 18.2 Å². The molecule has 0 unspecified atom stereocenters. The number of carbonyl (C=O) groups excluding carboxylic acids is 1. The molecule has 4 aromatic rings. The molecule has 1 aliphatic heterocycles. The van der Waals surface area contributed by atoms with E-state index in [9.17, 15) is 9.59 Å². The molecular weight excluding hydrogens is 468 g/mol. The molecule has 3 aromatic carbocycles. The number of hydrogen-bond acceptors (Lipinski definition) is 5. The lowest BCUT2D eigenvalue weighted by Crippen LogP contribution is -2.44. The zero-order valence-corrected chi connectivity index (χ0v) is 20.5. The monoisotopic (exact) mass is 498 g/mol. The van der Waals surface area contributed by atoms with E-state index in [1.165, 1.54) is 0 Å². The first-order valence-electron chi connectivity index (χ1n) is 12.5. The fraction of sp³-hybridized carbons (Fsp3) is 0.241. The summed E-state index contributed by atoms with van der Waals surface area (Å²) in [7, 11) is 0. The summed E-state index contributed by atoms with van der Waals surface area (Å²) in [5.41, 5.74) is 1.32. The molecule has 0 spiro atoms. The summed E-state index contributed by atoms with van der Waals surface area (Å²) in [5, 5.41) is 6.19. The van der Waals surface area contributed by atoms with Crippen LogP contribution in [0.25, 0.3) is 11.4 Å². The maximum Gasteiger partial charge on any atom is 0.337 e. The summed E-state index contributed by atoms with van der Waals surface area (Å²) in [6.45, 7) is 1.78. The van der Waals surface area contributed by atoms with Crippen LogP contribution in [0, 0.1) is 0 Å². The van der Waals surface area contributed by atoms with E-state index in [1.807, 2.05) is 78.9 Å². The van der Waals surface area contributed by atoms with E-state index < -0.39 is 0 Å². The molecule has 190 valence electrons. The fourth-order valence-corrected chi connectivity index (χ4v) is 4.31. The molecule has 0 bridgehead atoms. The fourth-order valence-electron chi connectivity index (χ4n) is 4.31. The zero-order valence-electron chi connectivity index (χ0n) is 20.5. The number of carbonyl (C=O) groups is 1. The third kappa shape index (κ3) is 6.10. The van der Waals surface area contributed by atoms with Gasteiger partial charge in [0.2, 0.25) is 5.91 Å². The summed E-state index contributed by atoms with van der Waals surface area (Å²) in [4.78, 5) is 25.1. The van der Waals surface area contributed by atoms with E-state index in [1.54, 1.807) is 21.5 Å². The van der Waals surface area contributed by atoms with Crippen LogP contribution in [0.4, 0.5) is 0 Å². The Morgan fingerprint density at radius 3 is 2.08 bits per heavy atom. The summed E-state index contributed by atoms with van der Waals surface area (Å²) >= 11 is 0. The van der Waals surface area contributed by atoms with Crippen LogP contribution in [-0.4, -0.2) is 40.8 Å². The molecule has 8 heteroatoms. The number of rotatable bonds is 9. The van der Waals surface area contributed by atoms with E-state index in [2.05, 4.69) is 10.6 Å². The Bertz CT molecular complexity index is 1360. The molecule has 0 aliphatic carbocycles. The Hall–Kier alpha value is -4.30. The van der Waals surface area contributed by atoms with Gasteiger partial charge in [0.15, 0.2) is 0 Å². The van der Waals surface area contributed by atoms with Gasteiger partial charge in [-0.25, -0.2) is 4.79 Å². The van der Waals surface area contributed by atoms with Crippen molar-refractivity contribution in [1.82, 2.24) is 19.8 Å². The van der Waals surface area contributed by atoms with E-state index >= 15 is 0 Å². The molecule has 37 heavy (non-hydrogen) atoms. The van der Waals surface area contributed by atoms with Crippen molar-refractivity contribution in [3.8, 4) is 28.6 Å². The number of ether oxygens (including phenoxy) is 2. The van der Waals surface area contributed by atoms with Crippen molar-refractivity contribution in [2.45, 2.75) is 25.3 Å². The van der Waals surface area contributed by atoms with Crippen molar-refractivity contribution < 1.29 is 14.3 Å². The number of benzene rings is 3. The smallest absolute Gasteiger partial charge is 0.337 e. The van der Waals surface area contributed by atoms with Crippen LogP contribution in [0.1, 0.15) is 19.3 Å². The highest BCUT2D eigenvalue weighted by atomic mass is 16.5. The van der Waals surface area contributed by atoms with Crippen molar-refractivity contribution in [2.24, 2.45) is 0 Å². The number of aromatic nitrogens is 2. The van der Waals surface area contributed by atoms with Crippen LogP contribution >= 0.6 is 0 Å². The van der Waals surface area contributed by atoms with Crippen molar-refractivity contribution in [2.75, 3.05) is 19.7 Å². The van der Waals surface area contributed by atoms with Gasteiger partial charge in [0.25, 0.3) is 0 Å². The highest BCUT2D eigenvalue weighted by Gasteiger charge is 2.19. The predicted octanol–water partition coefficient (Wildman–Crippen LogP) is 4.06. The number of nitrogens with one attached hydrogen (secondary N) is 2. The second kappa shape index (κ2) is 11.6. The Morgan fingerprint density at radius 1 is 0.784 bits per heavy atom. The second-order valence-electron chi connectivity index (χ2n) is 8.87. The molecule has 1 aromatic heterocycles. The van der Waals surface area contributed by atoms with Gasteiger partial charge in [-0.2, -0.15) is 0 Å². The highest BCUT2D eigenvalue weighted by molar-refractivity contribution is 5.81. The molecular formula is C29H30N4O4. The van der Waals surface area contributed by atoms with Crippen LogP contribution in [0.2, 0.25) is 0 Å². The van der Waals surface area contributed by atoms with Gasteiger partial charge in [-0.3, -0.25) is 13.9 Å². The van der Waals surface area contributed by atoms with Crippen molar-refractivity contribution in [3.63, 3.8) is 0 Å². The minimum atomic E-state index is -0.170. The van der Waals surface area contributed by atoms with Crippen LogP contribution < -0.4 is 25.8 Å². The molecule has 1 aliphatic rings. The van der Waals surface area contributed by atoms with Crippen LogP contribution in [-0.2, 0) is 4.79 Å². The van der Waals surface area contributed by atoms with Gasteiger partial charge in [-0.15, -0.1) is 0 Å². The lowest BCUT2D eigenvalue weighted by molar-refractivity contribution is -0.122. The topological polar surface area (TPSA) is 86.5 Å². The van der Waals surface area contributed by atoms with Gasteiger partial charge < -0.3 is 20.1 Å². The second-order valence-corrected chi connectivity index (χ2v) is 8.87. The van der Waals surface area contributed by atoms with E-state index in [-0.39, 0.29) is 17.6 Å². The molecule has 0 saturated carbocycles. The minimum absolute atomic E-state index is 0.0655. The maximum atomic E-state index is 13.1. The third-order valence-electron chi connectivity index (χ3n) is 6.28. The molecule has 1 amide bonds. The SMILES string of the molecule is O=C1NCCCC[C@@H]1NCCOc1ccc(-n2ccn(-c3ccc(Oc4ccccc4)cc3)c2=O)cc1. The Labute approximate surface area is 215 Å². The average Bonchev–Trinajstić information content (AvgIpc) is 3.19. The third-order valence-corrected chi connectivity index (χ3v) is 6.28. The van der Waals surface area contributed by atoms with Crippen LogP contribution in [0.15, 0.2) is 96.1 Å². The zero-order chi connectivity index (χ0) is 25.5. The van der Waals surface area contributed by atoms with Crippen LogP contribution in [0.5, 0.6) is 17.2 Å². The van der Waals surface area contributed by atoms with Gasteiger partial charge in [0.05, 0.1) is 17.4 Å². The molecule has 2 N–H and O–H groups in total. The normalized spacial score (nSPS) is 15.6. The standard InChI is InChI=1S/C29H30N4O4/c34-28-27(8-4-5-17-31-28)30-18-21-36-24-13-9-22(10-14-24)32-19-20-33(29(32)35)23-11-15-26(16-12-23)37-25-6-2-1-3-7-25/h1-3,6-7,9-16,19-20,27,30H,4-5,8,17-18,21H2,(H,31,34)/t27-/m0/s1. The number of nitrogens with zero attached hydrogens (tertiary/aromatic N) is 2. The Morgan fingerprint density at radius 2 is 1.41 bits per heavy atom. The number of hydrogen-bond donors (Lipinski definition) is 2. The van der Waals surface area contributed by atoms with E-state index in [4.69, 9.17) is 9.47 Å². The molecule has 1 atom stereocenters. The van der Waals surface area contributed by atoms with E-state index in [0.29, 0.717) is 24.7 Å². The molecule has 0 radical (unpaired) electrons. The highest BCUT2D eigenvalue weighted by Crippen LogP contribution is 2.22. The van der Waals surface area contributed by atoms with Crippen LogP contribution in [0.3, 0.4) is 0 Å². The molecule has 1 saturated heterocycles. The number of imidazole rings is 1. The molecule has 1 fully saturated rings. The lowest BCUT2D eigenvalue weighted by atomic mass is 10.1. The van der Waals surface area contributed by atoms with Gasteiger partial charge in [0, 0.05) is 25.5 Å². The largest absolute Gasteiger partial charge is 0.492 e. The number of para-hydroxylation sites is 1. The molecule has 2 heterocycles. The first kappa shape index (κ1) is 24.4. The van der Waals surface area contributed by atoms with Crippen molar-refractivity contribution in [1.29, 1.82) is 0 Å². The van der Waals surface area contributed by atoms with Crippen molar-refractivity contribution in [3.05, 3.63) is 102 Å². The van der Waals surface area contributed by atoms with Gasteiger partial charge in [-0.05, 0) is 79.9 Å². The molecule has 8 nitrogen and oxygen atoms in total. The summed E-state index contributed by atoms with van der Waals surface area (Å²) in [6, 6.07) is 24.2. The minimum Gasteiger partial charge on any atom is -0.492 e. The van der Waals surface area contributed by atoms with Gasteiger partial charge >= 0.3 is 5.69 Å². The van der Waals surface area contributed by atoms with Crippen molar-refractivity contribution >= 4 is 5.91 Å². The Kier molecular flexibility index (Phi) is 7.66. The number of amides is 1. The molecule has 5 rings (SSSR count). The Balaban J connectivity index is 1.17. The predicted molar refractivity (Wildman–Crippen MR) is 142 cm³/mol. The summed E-state index contributed by atoms with van der Waals surface area (Å²) in [6.07, 6.45) is 6.40. The quantitative estimate of drug-likeness (QED) is 0.340.